The van der Waals surface area contributed by atoms with Gasteiger partial charge in [-0.3, -0.25) is 0 Å². The van der Waals surface area contributed by atoms with Crippen LogP contribution in [0.2, 0.25) is 0 Å². The van der Waals surface area contributed by atoms with Gasteiger partial charge in [0.2, 0.25) is 0 Å². The second-order valence-electron chi connectivity index (χ2n) is 3.33. The Kier molecular flexibility index (Phi) is 4.88. The van der Waals surface area contributed by atoms with Gasteiger partial charge in [0.25, 0.3) is 0 Å². The third-order valence-electron chi connectivity index (χ3n) is 1.97. The van der Waals surface area contributed by atoms with Crippen LogP contribution in [0.5, 0.6) is 0 Å². The summed E-state index contributed by atoms with van der Waals surface area (Å²) >= 11 is 4.16. The molecule has 60 valence electrons. The maximum Gasteiger partial charge on any atom is 0.0110 e. The summed E-state index contributed by atoms with van der Waals surface area (Å²) in [5, 5.41) is 0. The van der Waals surface area contributed by atoms with Crippen molar-refractivity contribution in [3.05, 3.63) is 12.2 Å². The number of thiol groups is 1. The second kappa shape index (κ2) is 4.84. The molecule has 0 aliphatic rings. The summed E-state index contributed by atoms with van der Waals surface area (Å²) in [5.41, 5.74) is 1.25. The monoisotopic (exact) mass is 158 g/mol. The predicted octanol–water partition coefficient (Wildman–Crippen LogP) is 3.15. The Hall–Kier alpha value is 0.0900. The van der Waals surface area contributed by atoms with Gasteiger partial charge in [-0.05, 0) is 18.3 Å². The average molecular weight is 158 g/mol. The van der Waals surface area contributed by atoms with E-state index in [-0.39, 0.29) is 0 Å². The molecule has 0 aliphatic heterocycles. The van der Waals surface area contributed by atoms with E-state index < -0.39 is 0 Å². The smallest absolute Gasteiger partial charge is 0.0110 e. The standard InChI is InChI=1S/C9H18S/c1-7(2)9(4)5-8(3)6-10/h7,9-10H,3,5-6H2,1-2,4H3. The van der Waals surface area contributed by atoms with Crippen LogP contribution in [0.1, 0.15) is 27.2 Å². The first-order valence-corrected chi connectivity index (χ1v) is 4.48. The summed E-state index contributed by atoms with van der Waals surface area (Å²) < 4.78 is 0. The molecule has 0 fully saturated rings. The molecule has 10 heavy (non-hydrogen) atoms. The largest absolute Gasteiger partial charge is 0.175 e. The van der Waals surface area contributed by atoms with Gasteiger partial charge in [0.1, 0.15) is 0 Å². The highest BCUT2D eigenvalue weighted by Gasteiger charge is 2.07. The van der Waals surface area contributed by atoms with E-state index >= 15 is 0 Å². The predicted molar refractivity (Wildman–Crippen MR) is 51.6 cm³/mol. The molecule has 0 aromatic heterocycles. The Balaban J connectivity index is 3.57. The van der Waals surface area contributed by atoms with Gasteiger partial charge in [-0.2, -0.15) is 12.6 Å². The summed E-state index contributed by atoms with van der Waals surface area (Å²) in [6.07, 6.45) is 1.13. The second-order valence-corrected chi connectivity index (χ2v) is 3.65. The molecule has 0 radical (unpaired) electrons. The van der Waals surface area contributed by atoms with Crippen LogP contribution < -0.4 is 0 Å². The van der Waals surface area contributed by atoms with E-state index in [1.807, 2.05) is 0 Å². The van der Waals surface area contributed by atoms with Crippen LogP contribution in [-0.4, -0.2) is 5.75 Å². The van der Waals surface area contributed by atoms with Crippen molar-refractivity contribution in [1.82, 2.24) is 0 Å². The van der Waals surface area contributed by atoms with Crippen LogP contribution in [-0.2, 0) is 0 Å². The highest BCUT2D eigenvalue weighted by Crippen LogP contribution is 2.18. The van der Waals surface area contributed by atoms with E-state index in [0.717, 1.165) is 24.0 Å². The molecule has 0 spiro atoms. The van der Waals surface area contributed by atoms with Crippen molar-refractivity contribution in [2.24, 2.45) is 11.8 Å². The van der Waals surface area contributed by atoms with Gasteiger partial charge >= 0.3 is 0 Å². The molecule has 0 aromatic rings. The zero-order valence-corrected chi connectivity index (χ0v) is 8.12. The van der Waals surface area contributed by atoms with E-state index in [9.17, 15) is 0 Å². The molecule has 0 saturated carbocycles. The molecule has 1 atom stereocenters. The summed E-state index contributed by atoms with van der Waals surface area (Å²) in [7, 11) is 0. The molecule has 0 saturated heterocycles. The molecule has 0 heterocycles. The zero-order valence-electron chi connectivity index (χ0n) is 7.22. The summed E-state index contributed by atoms with van der Waals surface area (Å²) in [6.45, 7) is 10.7. The van der Waals surface area contributed by atoms with E-state index in [1.54, 1.807) is 0 Å². The van der Waals surface area contributed by atoms with Gasteiger partial charge in [-0.15, -0.1) is 0 Å². The van der Waals surface area contributed by atoms with Crippen molar-refractivity contribution in [3.63, 3.8) is 0 Å². The number of hydrogen-bond donors (Lipinski definition) is 1. The third kappa shape index (κ3) is 3.99. The van der Waals surface area contributed by atoms with Gasteiger partial charge in [0, 0.05) is 5.75 Å². The first kappa shape index (κ1) is 10.1. The highest BCUT2D eigenvalue weighted by atomic mass is 32.1. The van der Waals surface area contributed by atoms with Crippen LogP contribution in [0.15, 0.2) is 12.2 Å². The minimum absolute atomic E-state index is 0.750. The maximum atomic E-state index is 4.16. The molecule has 0 amide bonds. The van der Waals surface area contributed by atoms with Gasteiger partial charge in [0.05, 0.1) is 0 Å². The van der Waals surface area contributed by atoms with Crippen LogP contribution in [0.25, 0.3) is 0 Å². The van der Waals surface area contributed by atoms with Gasteiger partial charge in [0.15, 0.2) is 0 Å². The number of rotatable bonds is 4. The lowest BCUT2D eigenvalue weighted by molar-refractivity contribution is 0.417. The molecular formula is C9H18S. The van der Waals surface area contributed by atoms with Gasteiger partial charge < -0.3 is 0 Å². The molecule has 0 N–H and O–H groups in total. The molecular weight excluding hydrogens is 140 g/mol. The molecule has 0 aromatic carbocycles. The first-order valence-electron chi connectivity index (χ1n) is 3.85. The summed E-state index contributed by atoms with van der Waals surface area (Å²) in [4.78, 5) is 0. The average Bonchev–Trinajstić information content (AvgIpc) is 1.87. The van der Waals surface area contributed by atoms with Crippen molar-refractivity contribution < 1.29 is 0 Å². The van der Waals surface area contributed by atoms with E-state index in [2.05, 4.69) is 40.0 Å². The first-order chi connectivity index (χ1) is 4.57. The summed E-state index contributed by atoms with van der Waals surface area (Å²) in [6, 6.07) is 0. The van der Waals surface area contributed by atoms with Gasteiger partial charge in [-0.25, -0.2) is 0 Å². The van der Waals surface area contributed by atoms with Crippen molar-refractivity contribution >= 4 is 12.6 Å². The van der Waals surface area contributed by atoms with E-state index in [4.69, 9.17) is 0 Å². The van der Waals surface area contributed by atoms with Gasteiger partial charge in [-0.1, -0.05) is 32.9 Å². The zero-order chi connectivity index (χ0) is 8.15. The molecule has 0 nitrogen and oxygen atoms in total. The normalized spacial score (nSPS) is 13.7. The van der Waals surface area contributed by atoms with Crippen LogP contribution in [0, 0.1) is 11.8 Å². The van der Waals surface area contributed by atoms with E-state index in [0.29, 0.717) is 0 Å². The minimum Gasteiger partial charge on any atom is -0.175 e. The van der Waals surface area contributed by atoms with Crippen LogP contribution in [0.3, 0.4) is 0 Å². The Morgan fingerprint density at radius 2 is 1.90 bits per heavy atom. The molecule has 0 aliphatic carbocycles. The fourth-order valence-corrected chi connectivity index (χ4v) is 0.885. The molecule has 0 bridgehead atoms. The fourth-order valence-electron chi connectivity index (χ4n) is 0.756. The van der Waals surface area contributed by atoms with Crippen molar-refractivity contribution in [1.29, 1.82) is 0 Å². The molecule has 0 rings (SSSR count). The lowest BCUT2D eigenvalue weighted by Gasteiger charge is -2.15. The Bertz CT molecular complexity index is 105. The minimum atomic E-state index is 0.750. The van der Waals surface area contributed by atoms with Crippen LogP contribution >= 0.6 is 12.6 Å². The van der Waals surface area contributed by atoms with E-state index in [1.165, 1.54) is 5.57 Å². The fraction of sp³-hybridized carbons (Fsp3) is 0.778. The quantitative estimate of drug-likeness (QED) is 0.471. The third-order valence-corrected chi connectivity index (χ3v) is 2.42. The SMILES string of the molecule is C=C(CS)CC(C)C(C)C. The van der Waals surface area contributed by atoms with Crippen LogP contribution in [0.4, 0.5) is 0 Å². The van der Waals surface area contributed by atoms with Crippen molar-refractivity contribution in [2.75, 3.05) is 5.75 Å². The molecule has 1 heteroatoms. The maximum absolute atomic E-state index is 4.16. The Labute approximate surface area is 70.1 Å². The Morgan fingerprint density at radius 3 is 2.20 bits per heavy atom. The van der Waals surface area contributed by atoms with Crippen molar-refractivity contribution in [2.45, 2.75) is 27.2 Å². The Morgan fingerprint density at radius 1 is 1.40 bits per heavy atom. The lowest BCUT2D eigenvalue weighted by atomic mass is 9.92. The summed E-state index contributed by atoms with van der Waals surface area (Å²) in [5.74, 6) is 2.34. The lowest BCUT2D eigenvalue weighted by Crippen LogP contribution is -2.04. The molecule has 1 unspecified atom stereocenters. The topological polar surface area (TPSA) is 0 Å². The highest BCUT2D eigenvalue weighted by molar-refractivity contribution is 7.80. The number of hydrogen-bond acceptors (Lipinski definition) is 1. The van der Waals surface area contributed by atoms with Crippen molar-refractivity contribution in [3.8, 4) is 0 Å².